The Labute approximate surface area is 87.5 Å². The molecule has 0 aliphatic heterocycles. The van der Waals surface area contributed by atoms with Crippen LogP contribution in [-0.2, 0) is 9.53 Å². The van der Waals surface area contributed by atoms with Gasteiger partial charge in [-0.25, -0.2) is 0 Å². The molecule has 5 nitrogen and oxygen atoms in total. The second kappa shape index (κ2) is 3.26. The third kappa shape index (κ3) is 0.966. The number of hydrogen-bond donors (Lipinski definition) is 0. The number of carbonyl (C=O) groups is 1. The molecule has 1 fully saturated rings. The zero-order valence-electron chi connectivity index (χ0n) is 8.44. The number of carbonyl (C=O) groups excluding carboxylic acids is 1. The first kappa shape index (κ1) is 11.0. The molecule has 0 bridgehead atoms. The molecule has 2 atom stereocenters. The van der Waals surface area contributed by atoms with Crippen molar-refractivity contribution in [1.82, 2.24) is 0 Å². The second-order valence-electron chi connectivity index (χ2n) is 3.39. The Morgan fingerprint density at radius 1 is 1.33 bits per heavy atom. The molecule has 0 aromatic rings. The molecule has 0 radical (unpaired) electrons. The minimum Gasteiger partial charge on any atom is -0.465 e. The summed E-state index contributed by atoms with van der Waals surface area (Å²) in [7, 11) is 0. The molecule has 1 saturated carbocycles. The van der Waals surface area contributed by atoms with Gasteiger partial charge in [0.1, 0.15) is 0 Å². The summed E-state index contributed by atoms with van der Waals surface area (Å²) in [6, 6.07) is 5.26. The second-order valence-corrected chi connectivity index (χ2v) is 3.39. The van der Waals surface area contributed by atoms with Crippen molar-refractivity contribution in [3.05, 3.63) is 0 Å². The van der Waals surface area contributed by atoms with Crippen molar-refractivity contribution in [2.24, 2.45) is 16.7 Å². The molecule has 1 rings (SSSR count). The lowest BCUT2D eigenvalue weighted by atomic mass is 9.97. The Morgan fingerprint density at radius 2 is 1.87 bits per heavy atom. The monoisotopic (exact) mass is 203 g/mol. The highest BCUT2D eigenvalue weighted by molar-refractivity contribution is 5.88. The lowest BCUT2D eigenvalue weighted by Crippen LogP contribution is -2.24. The third-order valence-electron chi connectivity index (χ3n) is 2.96. The van der Waals surface area contributed by atoms with Gasteiger partial charge in [-0.15, -0.1) is 0 Å². The van der Waals surface area contributed by atoms with Crippen LogP contribution >= 0.6 is 0 Å². The molecule has 76 valence electrons. The van der Waals surface area contributed by atoms with Gasteiger partial charge in [-0.1, -0.05) is 6.92 Å². The van der Waals surface area contributed by atoms with Gasteiger partial charge in [-0.3, -0.25) is 4.79 Å². The number of esters is 1. The first-order chi connectivity index (χ1) is 7.07. The van der Waals surface area contributed by atoms with Crippen LogP contribution in [0.1, 0.15) is 13.8 Å². The number of rotatable bonds is 2. The number of ether oxygens (including phenoxy) is 1. The molecule has 5 heteroatoms. The Hall–Kier alpha value is -2.06. The van der Waals surface area contributed by atoms with E-state index in [0.717, 1.165) is 0 Å². The molecule has 0 N–H and O–H groups in total. The van der Waals surface area contributed by atoms with E-state index in [1.165, 1.54) is 6.92 Å². The summed E-state index contributed by atoms with van der Waals surface area (Å²) in [6.07, 6.45) is 0. The summed E-state index contributed by atoms with van der Waals surface area (Å²) in [5.74, 6) is -1.38. The van der Waals surface area contributed by atoms with Crippen LogP contribution in [0.2, 0.25) is 0 Å². The Bertz CT molecular complexity index is 409. The minimum atomic E-state index is -1.60. The highest BCUT2D eigenvalue weighted by Gasteiger charge is 2.83. The van der Waals surface area contributed by atoms with E-state index >= 15 is 0 Å². The first-order valence-corrected chi connectivity index (χ1v) is 4.48. The summed E-state index contributed by atoms with van der Waals surface area (Å²) in [4.78, 5) is 11.6. The highest BCUT2D eigenvalue weighted by Crippen LogP contribution is 2.68. The maximum Gasteiger partial charge on any atom is 0.329 e. The van der Waals surface area contributed by atoms with Crippen LogP contribution in [0.15, 0.2) is 0 Å². The fourth-order valence-corrected chi connectivity index (χ4v) is 1.87. The van der Waals surface area contributed by atoms with Gasteiger partial charge in [0, 0.05) is 5.92 Å². The van der Waals surface area contributed by atoms with Gasteiger partial charge in [0.25, 0.3) is 0 Å². The van der Waals surface area contributed by atoms with E-state index < -0.39 is 22.7 Å². The SMILES string of the molecule is CCOC(=O)[C@@]1(C#N)[C@@H](C)C1(C#N)C#N. The van der Waals surface area contributed by atoms with Crippen molar-refractivity contribution >= 4 is 5.97 Å². The molecule has 0 spiro atoms. The molecule has 1 aliphatic carbocycles. The molecule has 0 aromatic heterocycles. The van der Waals surface area contributed by atoms with Crippen molar-refractivity contribution in [2.45, 2.75) is 13.8 Å². The topological polar surface area (TPSA) is 97.7 Å². The van der Waals surface area contributed by atoms with E-state index in [1.807, 2.05) is 0 Å². The minimum absolute atomic E-state index is 0.127. The average Bonchev–Trinajstić information content (AvgIpc) is 2.79. The fourth-order valence-electron chi connectivity index (χ4n) is 1.87. The van der Waals surface area contributed by atoms with Crippen LogP contribution in [0, 0.1) is 50.7 Å². The summed E-state index contributed by atoms with van der Waals surface area (Å²) in [6.45, 7) is 3.27. The van der Waals surface area contributed by atoms with E-state index in [1.54, 1.807) is 25.1 Å². The van der Waals surface area contributed by atoms with Crippen LogP contribution in [0.5, 0.6) is 0 Å². The van der Waals surface area contributed by atoms with Gasteiger partial charge in [-0.05, 0) is 6.92 Å². The quantitative estimate of drug-likeness (QED) is 0.616. The zero-order valence-corrected chi connectivity index (χ0v) is 8.44. The summed E-state index contributed by atoms with van der Waals surface area (Å²) in [5.41, 5.74) is -3.15. The number of hydrogen-bond acceptors (Lipinski definition) is 5. The summed E-state index contributed by atoms with van der Waals surface area (Å²) in [5, 5.41) is 26.7. The third-order valence-corrected chi connectivity index (χ3v) is 2.96. The highest BCUT2D eigenvalue weighted by atomic mass is 16.5. The molecular weight excluding hydrogens is 194 g/mol. The predicted molar refractivity (Wildman–Crippen MR) is 47.5 cm³/mol. The van der Waals surface area contributed by atoms with Crippen molar-refractivity contribution < 1.29 is 9.53 Å². The van der Waals surface area contributed by atoms with Gasteiger partial charge in [-0.2, -0.15) is 15.8 Å². The fraction of sp³-hybridized carbons (Fsp3) is 0.600. The van der Waals surface area contributed by atoms with Gasteiger partial charge >= 0.3 is 5.97 Å². The maximum atomic E-state index is 11.6. The van der Waals surface area contributed by atoms with Crippen LogP contribution in [0.25, 0.3) is 0 Å². The van der Waals surface area contributed by atoms with E-state index in [2.05, 4.69) is 0 Å². The molecular formula is C10H9N3O2. The molecule has 0 unspecified atom stereocenters. The molecule has 0 amide bonds. The summed E-state index contributed by atoms with van der Waals surface area (Å²) < 4.78 is 4.73. The lowest BCUT2D eigenvalue weighted by molar-refractivity contribution is -0.148. The average molecular weight is 203 g/mol. The number of nitrogens with zero attached hydrogens (tertiary/aromatic N) is 3. The van der Waals surface area contributed by atoms with Gasteiger partial charge in [0.2, 0.25) is 0 Å². The molecule has 0 heterocycles. The zero-order chi connectivity index (χ0) is 11.7. The Kier molecular flexibility index (Phi) is 2.39. The van der Waals surface area contributed by atoms with Gasteiger partial charge in [0.15, 0.2) is 10.8 Å². The lowest BCUT2D eigenvalue weighted by Gasteiger charge is -2.06. The van der Waals surface area contributed by atoms with E-state index in [4.69, 9.17) is 20.5 Å². The van der Waals surface area contributed by atoms with E-state index in [-0.39, 0.29) is 6.61 Å². The van der Waals surface area contributed by atoms with Gasteiger partial charge < -0.3 is 4.74 Å². The Balaban J connectivity index is 3.16. The summed E-state index contributed by atoms with van der Waals surface area (Å²) >= 11 is 0. The smallest absolute Gasteiger partial charge is 0.329 e. The Morgan fingerprint density at radius 3 is 2.13 bits per heavy atom. The standard InChI is InChI=1S/C10H9N3O2/c1-3-15-8(14)10(6-13)7(2)9(10,4-11)5-12/h7H,3H2,1-2H3/t7-,10+/m0/s1. The van der Waals surface area contributed by atoms with Crippen LogP contribution < -0.4 is 0 Å². The number of nitriles is 3. The molecule has 0 aromatic carbocycles. The largest absolute Gasteiger partial charge is 0.465 e. The van der Waals surface area contributed by atoms with Crippen molar-refractivity contribution in [2.75, 3.05) is 6.61 Å². The van der Waals surface area contributed by atoms with E-state index in [9.17, 15) is 4.79 Å². The normalized spacial score (nSPS) is 30.5. The van der Waals surface area contributed by atoms with Crippen molar-refractivity contribution in [1.29, 1.82) is 15.8 Å². The first-order valence-electron chi connectivity index (χ1n) is 4.48. The molecule has 1 aliphatic rings. The van der Waals surface area contributed by atoms with E-state index in [0.29, 0.717) is 0 Å². The van der Waals surface area contributed by atoms with Crippen LogP contribution in [0.3, 0.4) is 0 Å². The maximum absolute atomic E-state index is 11.6. The molecule has 15 heavy (non-hydrogen) atoms. The van der Waals surface area contributed by atoms with Crippen LogP contribution in [-0.4, -0.2) is 12.6 Å². The molecule has 0 saturated heterocycles. The van der Waals surface area contributed by atoms with Crippen LogP contribution in [0.4, 0.5) is 0 Å². The predicted octanol–water partition coefficient (Wildman–Crippen LogP) is 0.743. The van der Waals surface area contributed by atoms with Crippen molar-refractivity contribution in [3.8, 4) is 18.2 Å². The van der Waals surface area contributed by atoms with Crippen molar-refractivity contribution in [3.63, 3.8) is 0 Å². The van der Waals surface area contributed by atoms with Gasteiger partial charge in [0.05, 0.1) is 24.8 Å².